The van der Waals surface area contributed by atoms with Crippen LogP contribution in [0, 0.1) is 5.92 Å². The SMILES string of the molecule is C[C@H]1CCN(c2ccc(-c3nc4nc(O[C@@H]5CO[C@H]6[C@@H]5OC[C@H]6O)[nH]c4cc3Cl)cc2)C1. The van der Waals surface area contributed by atoms with E-state index >= 15 is 0 Å². The smallest absolute Gasteiger partial charge is 0.296 e. The average Bonchev–Trinajstić information content (AvgIpc) is 3.55. The van der Waals surface area contributed by atoms with Crippen molar-refractivity contribution in [2.75, 3.05) is 31.2 Å². The van der Waals surface area contributed by atoms with Crippen molar-refractivity contribution in [2.24, 2.45) is 5.92 Å². The van der Waals surface area contributed by atoms with Crippen LogP contribution in [0.3, 0.4) is 0 Å². The molecule has 168 valence electrons. The lowest BCUT2D eigenvalue weighted by atomic mass is 10.1. The maximum absolute atomic E-state index is 9.90. The Morgan fingerprint density at radius 3 is 2.75 bits per heavy atom. The highest BCUT2D eigenvalue weighted by atomic mass is 35.5. The fourth-order valence-corrected chi connectivity index (χ4v) is 5.10. The Bertz CT molecular complexity index is 1140. The average molecular weight is 457 g/mol. The molecule has 3 saturated heterocycles. The van der Waals surface area contributed by atoms with Gasteiger partial charge in [0.25, 0.3) is 6.01 Å². The van der Waals surface area contributed by atoms with Gasteiger partial charge in [-0.1, -0.05) is 30.7 Å². The van der Waals surface area contributed by atoms with Crippen molar-refractivity contribution in [3.8, 4) is 17.3 Å². The third-order valence-corrected chi connectivity index (χ3v) is 6.87. The fraction of sp³-hybridized carbons (Fsp3) is 0.478. The van der Waals surface area contributed by atoms with Crippen LogP contribution in [0.5, 0.6) is 6.01 Å². The zero-order valence-electron chi connectivity index (χ0n) is 17.7. The number of fused-ring (bicyclic) bond motifs is 2. The summed E-state index contributed by atoms with van der Waals surface area (Å²) in [5.74, 6) is 0.733. The molecule has 6 rings (SSSR count). The zero-order chi connectivity index (χ0) is 21.8. The quantitative estimate of drug-likeness (QED) is 0.623. The Labute approximate surface area is 190 Å². The van der Waals surface area contributed by atoms with Crippen molar-refractivity contribution < 1.29 is 19.3 Å². The number of anilines is 1. The second-order valence-electron chi connectivity index (χ2n) is 8.94. The predicted molar refractivity (Wildman–Crippen MR) is 120 cm³/mol. The lowest BCUT2D eigenvalue weighted by molar-refractivity contribution is 0.00706. The number of aliphatic hydroxyl groups is 1. The van der Waals surface area contributed by atoms with Gasteiger partial charge in [-0.3, -0.25) is 0 Å². The van der Waals surface area contributed by atoms with Crippen LogP contribution in [0.4, 0.5) is 5.69 Å². The van der Waals surface area contributed by atoms with E-state index in [9.17, 15) is 5.11 Å². The van der Waals surface area contributed by atoms with Gasteiger partial charge in [0.1, 0.15) is 18.3 Å². The summed E-state index contributed by atoms with van der Waals surface area (Å²) < 4.78 is 17.2. The molecule has 0 bridgehead atoms. The molecule has 0 saturated carbocycles. The second kappa shape index (κ2) is 7.88. The van der Waals surface area contributed by atoms with Gasteiger partial charge in [0.15, 0.2) is 11.8 Å². The molecule has 2 N–H and O–H groups in total. The number of nitrogens with zero attached hydrogens (tertiary/aromatic N) is 3. The first kappa shape index (κ1) is 20.2. The molecule has 3 aromatic rings. The van der Waals surface area contributed by atoms with Crippen molar-refractivity contribution in [2.45, 2.75) is 37.8 Å². The lowest BCUT2D eigenvalue weighted by Crippen LogP contribution is -2.34. The Kier molecular flexibility index (Phi) is 4.98. The van der Waals surface area contributed by atoms with E-state index in [0.717, 1.165) is 24.6 Å². The number of rotatable bonds is 4. The minimum absolute atomic E-state index is 0.255. The van der Waals surface area contributed by atoms with Gasteiger partial charge in [-0.15, -0.1) is 0 Å². The van der Waals surface area contributed by atoms with Crippen LogP contribution in [0.2, 0.25) is 5.02 Å². The van der Waals surface area contributed by atoms with Gasteiger partial charge < -0.3 is 29.2 Å². The van der Waals surface area contributed by atoms with Gasteiger partial charge in [0.2, 0.25) is 0 Å². The third-order valence-electron chi connectivity index (χ3n) is 6.58. The zero-order valence-corrected chi connectivity index (χ0v) is 18.5. The van der Waals surface area contributed by atoms with Gasteiger partial charge in [0, 0.05) is 24.3 Å². The number of benzene rings is 1. The van der Waals surface area contributed by atoms with Crippen LogP contribution in [-0.2, 0) is 9.47 Å². The van der Waals surface area contributed by atoms with E-state index in [-0.39, 0.29) is 24.9 Å². The van der Waals surface area contributed by atoms with E-state index in [4.69, 9.17) is 25.8 Å². The third kappa shape index (κ3) is 3.51. The van der Waals surface area contributed by atoms with Crippen LogP contribution in [-0.4, -0.2) is 70.8 Å². The summed E-state index contributed by atoms with van der Waals surface area (Å²) in [5, 5.41) is 10.4. The molecule has 0 unspecified atom stereocenters. The highest BCUT2D eigenvalue weighted by Crippen LogP contribution is 2.33. The molecule has 5 atom stereocenters. The number of hydrogen-bond donors (Lipinski definition) is 2. The molecule has 8 nitrogen and oxygen atoms in total. The first-order chi connectivity index (χ1) is 15.5. The number of nitrogens with one attached hydrogen (secondary N) is 1. The Hall–Kier alpha value is -2.39. The highest BCUT2D eigenvalue weighted by Gasteiger charge is 2.48. The summed E-state index contributed by atoms with van der Waals surface area (Å²) in [6.07, 6.45) is -0.380. The number of imidazole rings is 1. The normalized spacial score (nSPS) is 29.7. The summed E-state index contributed by atoms with van der Waals surface area (Å²) in [6, 6.07) is 10.5. The molecule has 1 aromatic carbocycles. The molecule has 3 aliphatic heterocycles. The highest BCUT2D eigenvalue weighted by molar-refractivity contribution is 6.33. The van der Waals surface area contributed by atoms with E-state index in [1.165, 1.54) is 12.1 Å². The summed E-state index contributed by atoms with van der Waals surface area (Å²) in [7, 11) is 0. The van der Waals surface area contributed by atoms with Gasteiger partial charge >= 0.3 is 0 Å². The first-order valence-corrected chi connectivity index (χ1v) is 11.4. The standard InChI is InChI=1S/C23H25ClN4O4/c1-12-6-7-28(9-12)14-4-2-13(3-5-14)19-15(24)8-16-22(26-19)27-23(25-16)32-18-11-31-20-17(29)10-30-21(18)20/h2-5,8,12,17-18,20-21,29H,6-7,9-11H2,1H3,(H,25,26,27)/t12-,17+,18+,20+,21+/m0/s1. The Balaban J connectivity index is 1.23. The molecule has 5 heterocycles. The van der Waals surface area contributed by atoms with Crippen LogP contribution in [0.25, 0.3) is 22.4 Å². The van der Waals surface area contributed by atoms with Gasteiger partial charge in [-0.25, -0.2) is 4.98 Å². The number of halogens is 1. The minimum atomic E-state index is -0.618. The molecule has 3 aliphatic rings. The summed E-state index contributed by atoms with van der Waals surface area (Å²) in [5.41, 5.74) is 4.07. The van der Waals surface area contributed by atoms with Crippen molar-refractivity contribution in [1.82, 2.24) is 15.0 Å². The molecule has 3 fully saturated rings. The second-order valence-corrected chi connectivity index (χ2v) is 9.35. The van der Waals surface area contributed by atoms with Gasteiger partial charge in [0.05, 0.1) is 29.4 Å². The predicted octanol–water partition coefficient (Wildman–Crippen LogP) is 3.03. The topological polar surface area (TPSA) is 92.7 Å². The molecule has 0 spiro atoms. The lowest BCUT2D eigenvalue weighted by Gasteiger charge is -2.18. The van der Waals surface area contributed by atoms with E-state index in [1.54, 1.807) is 0 Å². The van der Waals surface area contributed by atoms with Crippen molar-refractivity contribution in [3.05, 3.63) is 35.4 Å². The van der Waals surface area contributed by atoms with Gasteiger partial charge in [-0.2, -0.15) is 4.98 Å². The molecule has 0 amide bonds. The van der Waals surface area contributed by atoms with Crippen molar-refractivity contribution >= 4 is 28.5 Å². The number of hydrogen-bond acceptors (Lipinski definition) is 7. The number of aromatic amines is 1. The fourth-order valence-electron chi connectivity index (χ4n) is 4.84. The molecular formula is C23H25ClN4O4. The first-order valence-electron chi connectivity index (χ1n) is 11.0. The number of pyridine rings is 1. The van der Waals surface area contributed by atoms with Crippen molar-refractivity contribution in [3.63, 3.8) is 0 Å². The maximum atomic E-state index is 9.90. The molecular weight excluding hydrogens is 432 g/mol. The maximum Gasteiger partial charge on any atom is 0.296 e. The van der Waals surface area contributed by atoms with Crippen LogP contribution < -0.4 is 9.64 Å². The summed E-state index contributed by atoms with van der Waals surface area (Å²) in [6.45, 7) is 5.07. The van der Waals surface area contributed by atoms with E-state index in [2.05, 4.69) is 51.0 Å². The monoisotopic (exact) mass is 456 g/mol. The molecule has 0 aliphatic carbocycles. The molecule has 2 aromatic heterocycles. The van der Waals surface area contributed by atoms with Crippen LogP contribution >= 0.6 is 11.6 Å². The summed E-state index contributed by atoms with van der Waals surface area (Å²) >= 11 is 6.56. The van der Waals surface area contributed by atoms with Crippen molar-refractivity contribution in [1.29, 1.82) is 0 Å². The minimum Gasteiger partial charge on any atom is -0.456 e. The Morgan fingerprint density at radius 1 is 1.16 bits per heavy atom. The van der Waals surface area contributed by atoms with Gasteiger partial charge in [-0.05, 0) is 30.5 Å². The van der Waals surface area contributed by atoms with E-state index in [1.807, 2.05) is 6.07 Å². The summed E-state index contributed by atoms with van der Waals surface area (Å²) in [4.78, 5) is 14.7. The largest absolute Gasteiger partial charge is 0.456 e. The molecule has 0 radical (unpaired) electrons. The number of aromatic nitrogens is 3. The van der Waals surface area contributed by atoms with Crippen LogP contribution in [0.1, 0.15) is 13.3 Å². The van der Waals surface area contributed by atoms with E-state index in [0.29, 0.717) is 34.5 Å². The molecule has 9 heteroatoms. The number of H-pyrrole nitrogens is 1. The Morgan fingerprint density at radius 2 is 1.97 bits per heavy atom. The van der Waals surface area contributed by atoms with Crippen LogP contribution in [0.15, 0.2) is 30.3 Å². The number of aliphatic hydroxyl groups excluding tert-OH is 1. The van der Waals surface area contributed by atoms with E-state index < -0.39 is 6.10 Å². The number of ether oxygens (including phenoxy) is 3. The molecule has 32 heavy (non-hydrogen) atoms.